The number of benzene rings is 1. The Labute approximate surface area is 82.5 Å². The molecule has 0 amide bonds. The topological polar surface area (TPSA) is 88.7 Å². The molecular weight excluding hydrogens is 180 g/mol. The van der Waals surface area contributed by atoms with E-state index in [1.165, 1.54) is 0 Å². The molecule has 1 aromatic carbocycles. The molecule has 0 bridgehead atoms. The molecule has 0 radical (unpaired) electrons. The molecule has 76 valence electrons. The molecule has 1 atom stereocenters. The quantitative estimate of drug-likeness (QED) is 0.659. The second-order valence-corrected chi connectivity index (χ2v) is 3.15. The number of quaternary nitrogens is 1. The molecule has 0 saturated heterocycles. The number of carbonyl (C=O) groups is 1. The molecule has 1 aliphatic rings. The predicted octanol–water partition coefficient (Wildman–Crippen LogP) is -0.000500. The lowest BCUT2D eigenvalue weighted by Crippen LogP contribution is -2.42. The minimum Gasteiger partial charge on any atom is -0.548 e. The first kappa shape index (κ1) is 10.7. The first-order valence-electron chi connectivity index (χ1n) is 4.31. The Bertz CT molecular complexity index is 339. The van der Waals surface area contributed by atoms with E-state index in [9.17, 15) is 9.90 Å². The van der Waals surface area contributed by atoms with Gasteiger partial charge in [0.05, 0.1) is 12.0 Å². The predicted molar refractivity (Wildman–Crippen MR) is 51.9 cm³/mol. The Balaban J connectivity index is 0.000000980. The number of carboxylic acid groups (broad SMARTS) is 1. The van der Waals surface area contributed by atoms with Crippen molar-refractivity contribution in [1.82, 2.24) is 11.5 Å². The van der Waals surface area contributed by atoms with E-state index in [-0.39, 0.29) is 6.15 Å². The Hall–Kier alpha value is -1.39. The monoisotopic (exact) mass is 194 g/mol. The number of hydrogen-bond acceptors (Lipinski definition) is 3. The van der Waals surface area contributed by atoms with Crippen LogP contribution in [0.15, 0.2) is 24.3 Å². The number of rotatable bonds is 1. The van der Waals surface area contributed by atoms with E-state index in [1.807, 2.05) is 24.3 Å². The van der Waals surface area contributed by atoms with Crippen LogP contribution >= 0.6 is 0 Å². The van der Waals surface area contributed by atoms with Crippen LogP contribution in [0.1, 0.15) is 17.2 Å². The lowest BCUT2D eigenvalue weighted by Gasteiger charge is -2.27. The van der Waals surface area contributed by atoms with Crippen molar-refractivity contribution in [3.63, 3.8) is 0 Å². The summed E-state index contributed by atoms with van der Waals surface area (Å²) >= 11 is 0. The maximum Gasteiger partial charge on any atom is 0.0726 e. The van der Waals surface area contributed by atoms with Gasteiger partial charge in [0, 0.05) is 6.54 Å². The van der Waals surface area contributed by atoms with Gasteiger partial charge in [0.25, 0.3) is 0 Å². The first-order valence-corrected chi connectivity index (χ1v) is 4.31. The lowest BCUT2D eigenvalue weighted by atomic mass is 9.95. The molecule has 0 aromatic heterocycles. The van der Waals surface area contributed by atoms with Crippen molar-refractivity contribution in [2.75, 3.05) is 6.54 Å². The molecule has 0 fully saturated rings. The highest BCUT2D eigenvalue weighted by Gasteiger charge is 2.19. The molecule has 4 heteroatoms. The van der Waals surface area contributed by atoms with Gasteiger partial charge in [-0.1, -0.05) is 24.3 Å². The Morgan fingerprint density at radius 2 is 2.14 bits per heavy atom. The zero-order valence-electron chi connectivity index (χ0n) is 8.12. The van der Waals surface area contributed by atoms with Crippen LogP contribution in [0.3, 0.4) is 0 Å². The Morgan fingerprint density at radius 3 is 2.86 bits per heavy atom. The number of fused-ring (bicyclic) bond motifs is 1. The fraction of sp³-hybridized carbons (Fsp3) is 0.300. The van der Waals surface area contributed by atoms with Crippen molar-refractivity contribution < 1.29 is 9.90 Å². The van der Waals surface area contributed by atoms with Gasteiger partial charge in [-0.2, -0.15) is 0 Å². The number of carboxylic acids is 1. The third-order valence-corrected chi connectivity index (χ3v) is 2.34. The van der Waals surface area contributed by atoms with Crippen LogP contribution in [-0.2, 0) is 11.2 Å². The molecule has 0 unspecified atom stereocenters. The molecule has 0 aliphatic carbocycles. The van der Waals surface area contributed by atoms with Crippen LogP contribution in [0.5, 0.6) is 0 Å². The van der Waals surface area contributed by atoms with Crippen molar-refractivity contribution in [1.29, 1.82) is 0 Å². The van der Waals surface area contributed by atoms with E-state index < -0.39 is 12.0 Å². The molecule has 0 saturated carbocycles. The summed E-state index contributed by atoms with van der Waals surface area (Å²) in [7, 11) is 0. The van der Waals surface area contributed by atoms with E-state index >= 15 is 0 Å². The van der Waals surface area contributed by atoms with Crippen molar-refractivity contribution >= 4 is 5.97 Å². The third-order valence-electron chi connectivity index (χ3n) is 2.34. The summed E-state index contributed by atoms with van der Waals surface area (Å²) in [5, 5.41) is 13.7. The standard InChI is InChI=1S/C10H11NO2.H3N/c12-10(13)9-8-4-2-1-3-7(8)5-6-11-9;/h1-4,9,11H,5-6H2,(H,12,13);1H3/t9-;/m0./s1. The number of aliphatic carboxylic acids is 1. The van der Waals surface area contributed by atoms with Gasteiger partial charge in [0.2, 0.25) is 0 Å². The maximum absolute atomic E-state index is 10.7. The summed E-state index contributed by atoms with van der Waals surface area (Å²) in [5.74, 6) is -1.05. The number of hydrogen-bond donors (Lipinski definition) is 2. The largest absolute Gasteiger partial charge is 0.548 e. The zero-order valence-corrected chi connectivity index (χ0v) is 8.12. The van der Waals surface area contributed by atoms with Crippen LogP contribution in [-0.4, -0.2) is 12.5 Å². The molecule has 1 heterocycles. The van der Waals surface area contributed by atoms with Crippen LogP contribution in [0.2, 0.25) is 0 Å². The minimum atomic E-state index is -1.05. The highest BCUT2D eigenvalue weighted by molar-refractivity contribution is 5.74. The average Bonchev–Trinajstić information content (AvgIpc) is 2.17. The van der Waals surface area contributed by atoms with Crippen molar-refractivity contribution in [3.05, 3.63) is 35.4 Å². The first-order chi connectivity index (χ1) is 6.29. The fourth-order valence-corrected chi connectivity index (χ4v) is 1.71. The molecule has 4 nitrogen and oxygen atoms in total. The SMILES string of the molecule is O=C([O-])[C@H]1NCCc2ccccc21.[NH4+]. The summed E-state index contributed by atoms with van der Waals surface area (Å²) in [5.41, 5.74) is 1.95. The molecule has 0 spiro atoms. The van der Waals surface area contributed by atoms with Crippen molar-refractivity contribution in [2.24, 2.45) is 0 Å². The Morgan fingerprint density at radius 1 is 1.43 bits per heavy atom. The van der Waals surface area contributed by atoms with Gasteiger partial charge in [-0.3, -0.25) is 0 Å². The van der Waals surface area contributed by atoms with E-state index in [1.54, 1.807) is 0 Å². The van der Waals surface area contributed by atoms with Gasteiger partial charge in [-0.05, 0) is 17.5 Å². The van der Waals surface area contributed by atoms with Crippen LogP contribution in [0, 0.1) is 0 Å². The van der Waals surface area contributed by atoms with Crippen LogP contribution in [0.4, 0.5) is 0 Å². The molecule has 1 aliphatic heterocycles. The van der Waals surface area contributed by atoms with Gasteiger partial charge in [-0.15, -0.1) is 0 Å². The average molecular weight is 194 g/mol. The van der Waals surface area contributed by atoms with E-state index in [4.69, 9.17) is 0 Å². The minimum absolute atomic E-state index is 0. The summed E-state index contributed by atoms with van der Waals surface area (Å²) in [6.45, 7) is 0.704. The Kier molecular flexibility index (Phi) is 3.22. The van der Waals surface area contributed by atoms with Gasteiger partial charge in [-0.25, -0.2) is 0 Å². The molecule has 14 heavy (non-hydrogen) atoms. The number of carbonyl (C=O) groups excluding carboxylic acids is 1. The summed E-state index contributed by atoms with van der Waals surface area (Å²) in [6, 6.07) is 6.94. The second kappa shape index (κ2) is 4.21. The summed E-state index contributed by atoms with van der Waals surface area (Å²) in [6.07, 6.45) is 0.889. The van der Waals surface area contributed by atoms with Gasteiger partial charge >= 0.3 is 0 Å². The normalized spacial score (nSPS) is 19.3. The fourth-order valence-electron chi connectivity index (χ4n) is 1.71. The third kappa shape index (κ3) is 1.76. The van der Waals surface area contributed by atoms with E-state index in [0.29, 0.717) is 6.54 Å². The number of nitrogens with one attached hydrogen (secondary N) is 1. The van der Waals surface area contributed by atoms with Crippen LogP contribution in [0.25, 0.3) is 0 Å². The van der Waals surface area contributed by atoms with Gasteiger partial charge in [0.1, 0.15) is 0 Å². The lowest BCUT2D eigenvalue weighted by molar-refractivity contribution is -0.309. The zero-order chi connectivity index (χ0) is 9.26. The highest BCUT2D eigenvalue weighted by Crippen LogP contribution is 2.21. The maximum atomic E-state index is 10.7. The van der Waals surface area contributed by atoms with Gasteiger partial charge < -0.3 is 21.4 Å². The highest BCUT2D eigenvalue weighted by atomic mass is 16.4. The van der Waals surface area contributed by atoms with Gasteiger partial charge in [0.15, 0.2) is 0 Å². The van der Waals surface area contributed by atoms with E-state index in [0.717, 1.165) is 17.5 Å². The van der Waals surface area contributed by atoms with Crippen molar-refractivity contribution in [2.45, 2.75) is 12.5 Å². The molecule has 1 aromatic rings. The smallest absolute Gasteiger partial charge is 0.0726 e. The molecular formula is C10H14N2O2. The summed E-state index contributed by atoms with van der Waals surface area (Å²) in [4.78, 5) is 10.7. The van der Waals surface area contributed by atoms with Crippen LogP contribution < -0.4 is 16.6 Å². The van der Waals surface area contributed by atoms with E-state index in [2.05, 4.69) is 5.32 Å². The molecule has 2 rings (SSSR count). The second-order valence-electron chi connectivity index (χ2n) is 3.15. The van der Waals surface area contributed by atoms with Crippen molar-refractivity contribution in [3.8, 4) is 0 Å². The molecule has 5 N–H and O–H groups in total. The summed E-state index contributed by atoms with van der Waals surface area (Å²) < 4.78 is 0.